The third-order valence-electron chi connectivity index (χ3n) is 10.8. The van der Waals surface area contributed by atoms with Crippen molar-refractivity contribution in [2.45, 2.75) is 97.7 Å². The van der Waals surface area contributed by atoms with E-state index in [9.17, 15) is 13.2 Å². The van der Waals surface area contributed by atoms with Crippen molar-refractivity contribution in [3.05, 3.63) is 83.3 Å². The van der Waals surface area contributed by atoms with E-state index < -0.39 is 16.1 Å². The molecule has 12 heteroatoms. The molecule has 2 atom stereocenters. The van der Waals surface area contributed by atoms with Gasteiger partial charge in [-0.15, -0.1) is 0 Å². The van der Waals surface area contributed by atoms with Crippen LogP contribution < -0.4 is 14.4 Å². The third kappa shape index (κ3) is 6.97. The van der Waals surface area contributed by atoms with E-state index in [1.165, 1.54) is 31.4 Å². The highest BCUT2D eigenvalue weighted by molar-refractivity contribution is 7.92. The van der Waals surface area contributed by atoms with E-state index in [0.29, 0.717) is 35.2 Å². The number of aromatic nitrogens is 4. The number of fused-ring (bicyclic) bond motifs is 4. The molecule has 2 aromatic heterocycles. The number of nitrogens with zero attached hydrogens (tertiary/aromatic N) is 6. The second-order valence-corrected chi connectivity index (χ2v) is 18.1. The van der Waals surface area contributed by atoms with Gasteiger partial charge in [-0.1, -0.05) is 65.3 Å². The molecule has 4 heterocycles. The molecule has 7 rings (SSSR count). The highest BCUT2D eigenvalue weighted by Crippen LogP contribution is 2.56. The van der Waals surface area contributed by atoms with Crippen LogP contribution in [0.2, 0.25) is 0 Å². The molecule has 1 saturated carbocycles. The highest BCUT2D eigenvalue weighted by Gasteiger charge is 2.57. The molecule has 2 aliphatic heterocycles. The van der Waals surface area contributed by atoms with Crippen molar-refractivity contribution < 1.29 is 17.9 Å². The molecule has 4 bridgehead atoms. The molecule has 11 nitrogen and oxygen atoms in total. The van der Waals surface area contributed by atoms with Crippen molar-refractivity contribution in [2.24, 2.45) is 16.7 Å². The molecule has 4 aromatic rings. The van der Waals surface area contributed by atoms with Crippen LogP contribution in [-0.4, -0.2) is 64.4 Å². The zero-order chi connectivity index (χ0) is 37.0. The van der Waals surface area contributed by atoms with Gasteiger partial charge in [0.25, 0.3) is 15.9 Å². The zero-order valence-electron chi connectivity index (χ0n) is 31.2. The monoisotopic (exact) mass is 723 g/mol. The Morgan fingerprint density at radius 2 is 1.73 bits per heavy atom. The van der Waals surface area contributed by atoms with Gasteiger partial charge < -0.3 is 14.5 Å². The Kier molecular flexibility index (Phi) is 9.25. The molecule has 52 heavy (non-hydrogen) atoms. The minimum atomic E-state index is -4.18. The number of aryl methyl sites for hydroxylation is 2. The van der Waals surface area contributed by atoms with Gasteiger partial charge in [0.05, 0.1) is 41.3 Å². The molecule has 0 radical (unpaired) electrons. The maximum atomic E-state index is 14.7. The van der Waals surface area contributed by atoms with E-state index in [2.05, 4.69) is 59.2 Å². The summed E-state index contributed by atoms with van der Waals surface area (Å²) in [5.74, 6) is 1.06. The quantitative estimate of drug-likeness (QED) is 0.219. The van der Waals surface area contributed by atoms with Crippen LogP contribution in [0.5, 0.6) is 5.88 Å². The van der Waals surface area contributed by atoms with E-state index in [1.54, 1.807) is 29.3 Å². The van der Waals surface area contributed by atoms with Crippen molar-refractivity contribution in [3.8, 4) is 17.1 Å². The van der Waals surface area contributed by atoms with Crippen LogP contribution in [-0.2, 0) is 16.6 Å². The summed E-state index contributed by atoms with van der Waals surface area (Å²) in [4.78, 5) is 37.6. The second kappa shape index (κ2) is 13.4. The Hall–Kier alpha value is -4.58. The maximum absolute atomic E-state index is 14.7. The summed E-state index contributed by atoms with van der Waals surface area (Å²) in [7, 11) is -4.18. The van der Waals surface area contributed by atoms with Crippen molar-refractivity contribution in [1.82, 2.24) is 24.8 Å². The summed E-state index contributed by atoms with van der Waals surface area (Å²) >= 11 is 0. The smallest absolute Gasteiger partial charge is 0.264 e. The first-order valence-electron chi connectivity index (χ1n) is 18.2. The van der Waals surface area contributed by atoms with Crippen molar-refractivity contribution >= 4 is 27.7 Å². The van der Waals surface area contributed by atoms with Gasteiger partial charge in [-0.3, -0.25) is 9.78 Å². The largest absolute Gasteiger partial charge is 0.475 e. The van der Waals surface area contributed by atoms with Gasteiger partial charge in [0.1, 0.15) is 12.4 Å². The van der Waals surface area contributed by atoms with E-state index in [1.807, 2.05) is 38.2 Å². The number of carbonyl (C=O) groups is 1. The molecule has 1 spiro atoms. The van der Waals surface area contributed by atoms with Gasteiger partial charge in [-0.25, -0.2) is 23.1 Å². The molecular weight excluding hydrogens is 675 g/mol. The first-order valence-corrected chi connectivity index (χ1v) is 19.7. The topological polar surface area (TPSA) is 131 Å². The minimum Gasteiger partial charge on any atom is -0.475 e. The van der Waals surface area contributed by atoms with Crippen LogP contribution in [0.3, 0.4) is 0 Å². The standard InChI is InChI=1S/C40H49N7O4S/c1-25(2)36-40(15-10-16-40)24-47(36)33-21-41-20-29(42-33)22-46-30(19-39(5,6)7)23-51-34-18-32(35-26(3)11-8-12-27(35)4)43-38(44-34)45-52(49,50)31-14-9-13-28(17-31)37(46)48/h8-9,11-14,17-18,20-21,25,30,36H,10,15-16,19,22-24H2,1-7H3,(H,43,44,45)/t30-,36-/m1/s1. The first kappa shape index (κ1) is 35.8. The van der Waals surface area contributed by atoms with E-state index in [4.69, 9.17) is 9.72 Å². The Bertz CT molecular complexity index is 2090. The summed E-state index contributed by atoms with van der Waals surface area (Å²) in [6.07, 6.45) is 7.91. The first-order chi connectivity index (χ1) is 24.6. The summed E-state index contributed by atoms with van der Waals surface area (Å²) in [5, 5.41) is 0. The number of ether oxygens (including phenoxy) is 1. The molecule has 3 aliphatic rings. The maximum Gasteiger partial charge on any atom is 0.264 e. The number of anilines is 2. The Labute approximate surface area is 307 Å². The fourth-order valence-corrected chi connectivity index (χ4v) is 9.44. The molecule has 274 valence electrons. The van der Waals surface area contributed by atoms with E-state index in [0.717, 1.165) is 29.1 Å². The number of nitrogens with one attached hydrogen (secondary N) is 1. The zero-order valence-corrected chi connectivity index (χ0v) is 32.0. The van der Waals surface area contributed by atoms with Crippen molar-refractivity contribution in [1.29, 1.82) is 0 Å². The van der Waals surface area contributed by atoms with Gasteiger partial charge >= 0.3 is 0 Å². The van der Waals surface area contributed by atoms with Gasteiger partial charge in [0, 0.05) is 35.2 Å². The lowest BCUT2D eigenvalue weighted by Crippen LogP contribution is -2.69. The fourth-order valence-electron chi connectivity index (χ4n) is 8.46. The van der Waals surface area contributed by atoms with E-state index in [-0.39, 0.29) is 46.8 Å². The molecule has 1 N–H and O–H groups in total. The third-order valence-corrected chi connectivity index (χ3v) is 12.1. The molecule has 2 fully saturated rings. The van der Waals surface area contributed by atoms with Crippen LogP contribution in [0, 0.1) is 30.6 Å². The van der Waals surface area contributed by atoms with E-state index >= 15 is 0 Å². The Balaban J connectivity index is 1.30. The fraction of sp³-hybridized carbons (Fsp3) is 0.475. The van der Waals surface area contributed by atoms with Gasteiger partial charge in [0.2, 0.25) is 11.8 Å². The summed E-state index contributed by atoms with van der Waals surface area (Å²) in [5.41, 5.74) is 4.43. The summed E-state index contributed by atoms with van der Waals surface area (Å²) in [6, 6.07) is 13.8. The van der Waals surface area contributed by atoms with Gasteiger partial charge in [0.15, 0.2) is 0 Å². The number of benzene rings is 2. The van der Waals surface area contributed by atoms with Crippen LogP contribution in [0.1, 0.15) is 87.5 Å². The molecule has 2 aromatic carbocycles. The minimum absolute atomic E-state index is 0.0716. The number of sulfonamides is 1. The molecule has 1 aliphatic carbocycles. The highest BCUT2D eigenvalue weighted by atomic mass is 32.2. The van der Waals surface area contributed by atoms with Crippen LogP contribution in [0.4, 0.5) is 11.8 Å². The van der Waals surface area contributed by atoms with Crippen LogP contribution >= 0.6 is 0 Å². The summed E-state index contributed by atoms with van der Waals surface area (Å²) < 4.78 is 36.6. The Morgan fingerprint density at radius 3 is 2.40 bits per heavy atom. The van der Waals surface area contributed by atoms with Gasteiger partial charge in [-0.05, 0) is 73.8 Å². The van der Waals surface area contributed by atoms with Crippen molar-refractivity contribution in [2.75, 3.05) is 22.8 Å². The molecular formula is C40H49N7O4S. The average Bonchev–Trinajstić information content (AvgIpc) is 3.03. The normalized spacial score (nSPS) is 20.9. The molecule has 0 unspecified atom stereocenters. The van der Waals surface area contributed by atoms with Crippen LogP contribution in [0.15, 0.2) is 65.8 Å². The lowest BCUT2D eigenvalue weighted by molar-refractivity contribution is 0.00574. The predicted molar refractivity (Wildman–Crippen MR) is 202 cm³/mol. The number of carbonyl (C=O) groups excluding carboxylic acids is 1. The predicted octanol–water partition coefficient (Wildman–Crippen LogP) is 7.21. The number of hydrogen-bond donors (Lipinski definition) is 1. The number of amides is 1. The molecule has 1 saturated heterocycles. The van der Waals surface area contributed by atoms with Crippen LogP contribution in [0.25, 0.3) is 11.3 Å². The van der Waals surface area contributed by atoms with Gasteiger partial charge in [-0.2, -0.15) is 4.98 Å². The molecule has 1 amide bonds. The second-order valence-electron chi connectivity index (χ2n) is 16.4. The number of hydrogen-bond acceptors (Lipinski definition) is 9. The summed E-state index contributed by atoms with van der Waals surface area (Å²) in [6.45, 7) is 16.1. The number of rotatable bonds is 6. The average molecular weight is 724 g/mol. The van der Waals surface area contributed by atoms with Crippen molar-refractivity contribution in [3.63, 3.8) is 0 Å². The Morgan fingerprint density at radius 1 is 1.00 bits per heavy atom. The SMILES string of the molecule is Cc1cccc(C)c1-c1cc2nc(n1)NS(=O)(=O)c1cccc(c1)C(=O)N(Cc1cncc(N3CC4(CCC4)[C@H]3C(C)C)n1)[C@H](CC(C)(C)C)CO2. The lowest BCUT2D eigenvalue weighted by atomic mass is 9.55. The lowest BCUT2D eigenvalue weighted by Gasteiger charge is -2.64.